The van der Waals surface area contributed by atoms with Crippen LogP contribution in [-0.4, -0.2) is 26.4 Å². The van der Waals surface area contributed by atoms with Gasteiger partial charge in [0.25, 0.3) is 5.91 Å². The van der Waals surface area contributed by atoms with Crippen LogP contribution < -0.4 is 14.8 Å². The number of methoxy groups -OCH3 is 2. The summed E-state index contributed by atoms with van der Waals surface area (Å²) < 4.78 is 10.9. The van der Waals surface area contributed by atoms with Crippen LogP contribution in [0.5, 0.6) is 11.5 Å². The van der Waals surface area contributed by atoms with Gasteiger partial charge >= 0.3 is 0 Å². The number of hydrogen-bond acceptors (Lipinski definition) is 4. The molecule has 6 rings (SSSR count). The van der Waals surface area contributed by atoms with Gasteiger partial charge in [-0.05, 0) is 109 Å². The van der Waals surface area contributed by atoms with Crippen molar-refractivity contribution in [2.75, 3.05) is 19.5 Å². The Morgan fingerprint density at radius 1 is 0.775 bits per heavy atom. The van der Waals surface area contributed by atoms with Gasteiger partial charge in [-0.15, -0.1) is 0 Å². The monoisotopic (exact) mass is 537 g/mol. The van der Waals surface area contributed by atoms with Gasteiger partial charge < -0.3 is 14.8 Å². The average molecular weight is 538 g/mol. The fourth-order valence-corrected chi connectivity index (χ4v) is 6.52. The fourth-order valence-electron chi connectivity index (χ4n) is 6.52. The molecule has 0 atom stereocenters. The van der Waals surface area contributed by atoms with Gasteiger partial charge in [-0.3, -0.25) is 9.59 Å². The predicted octanol–water partition coefficient (Wildman–Crippen LogP) is 8.32. The Kier molecular flexibility index (Phi) is 8.69. The molecule has 5 nitrogen and oxygen atoms in total. The van der Waals surface area contributed by atoms with Crippen LogP contribution in [0.25, 0.3) is 11.6 Å². The molecule has 1 heterocycles. The Hall–Kier alpha value is -3.86. The molecule has 0 saturated heterocycles. The lowest BCUT2D eigenvalue weighted by molar-refractivity contribution is -0.110. The van der Waals surface area contributed by atoms with Crippen LogP contribution >= 0.6 is 0 Å². The normalized spacial score (nSPS) is 17.8. The second-order valence-corrected chi connectivity index (χ2v) is 11.1. The molecule has 2 fully saturated rings. The van der Waals surface area contributed by atoms with Crippen molar-refractivity contribution in [1.82, 2.24) is 0 Å². The molecular weight excluding hydrogens is 498 g/mol. The zero-order valence-corrected chi connectivity index (χ0v) is 23.8. The van der Waals surface area contributed by atoms with E-state index in [2.05, 4.69) is 11.4 Å². The summed E-state index contributed by atoms with van der Waals surface area (Å²) in [4.78, 5) is 23.2. The first-order chi connectivity index (χ1) is 19.5. The lowest BCUT2D eigenvalue weighted by atomic mass is 9.93. The largest absolute Gasteiger partial charge is 0.496 e. The van der Waals surface area contributed by atoms with Gasteiger partial charge in [0.15, 0.2) is 0 Å². The summed E-state index contributed by atoms with van der Waals surface area (Å²) in [6.07, 6.45) is 12.9. The van der Waals surface area contributed by atoms with Gasteiger partial charge in [0.2, 0.25) is 0 Å². The summed E-state index contributed by atoms with van der Waals surface area (Å²) in [5.74, 6) is 3.01. The van der Waals surface area contributed by atoms with Crippen molar-refractivity contribution in [3.63, 3.8) is 0 Å². The van der Waals surface area contributed by atoms with Crippen LogP contribution in [0.3, 0.4) is 0 Å². The molecule has 0 radical (unpaired) electrons. The average Bonchev–Trinajstić information content (AvgIpc) is 3.76. The molecule has 40 heavy (non-hydrogen) atoms. The summed E-state index contributed by atoms with van der Waals surface area (Å²) in [5.41, 5.74) is 8.08. The van der Waals surface area contributed by atoms with Crippen molar-refractivity contribution in [2.45, 2.75) is 70.1 Å². The molecular formula is C35H39NO4. The SMILES string of the molecule is COc1ccc(/C=C2/C(=O)Nc3cccc(C)c32)cc1C1CCCC1.COc1ccc(C=O)cc1C1CCCC1. The number of aldehydes is 1. The molecule has 3 aromatic rings. The van der Waals surface area contributed by atoms with Crippen LogP contribution in [0.1, 0.15) is 101 Å². The molecule has 2 aliphatic carbocycles. The van der Waals surface area contributed by atoms with Gasteiger partial charge in [0.1, 0.15) is 17.8 Å². The molecule has 2 saturated carbocycles. The van der Waals surface area contributed by atoms with Gasteiger partial charge in [-0.1, -0.05) is 43.9 Å². The highest BCUT2D eigenvalue weighted by molar-refractivity contribution is 6.35. The molecule has 3 aliphatic rings. The van der Waals surface area contributed by atoms with Crippen LogP contribution in [0.15, 0.2) is 54.6 Å². The first-order valence-electron chi connectivity index (χ1n) is 14.5. The lowest BCUT2D eigenvalue weighted by Gasteiger charge is -2.15. The third-order valence-electron chi connectivity index (χ3n) is 8.58. The first-order valence-corrected chi connectivity index (χ1v) is 14.5. The maximum atomic E-state index is 12.4. The summed E-state index contributed by atoms with van der Waals surface area (Å²) in [5, 5.41) is 2.97. The number of carbonyl (C=O) groups excluding carboxylic acids is 2. The zero-order chi connectivity index (χ0) is 28.1. The number of fused-ring (bicyclic) bond motifs is 1. The van der Waals surface area contributed by atoms with Gasteiger partial charge in [-0.2, -0.15) is 0 Å². The Labute approximate surface area is 237 Å². The maximum absolute atomic E-state index is 12.4. The second-order valence-electron chi connectivity index (χ2n) is 11.1. The Bertz CT molecular complexity index is 1410. The number of carbonyl (C=O) groups is 2. The van der Waals surface area contributed by atoms with E-state index in [1.165, 1.54) is 62.5 Å². The van der Waals surface area contributed by atoms with Crippen molar-refractivity contribution in [1.29, 1.82) is 0 Å². The number of hydrogen-bond donors (Lipinski definition) is 1. The Balaban J connectivity index is 0.000000184. The van der Waals surface area contributed by atoms with E-state index in [4.69, 9.17) is 9.47 Å². The molecule has 5 heteroatoms. The summed E-state index contributed by atoms with van der Waals surface area (Å²) in [7, 11) is 3.42. The smallest absolute Gasteiger partial charge is 0.256 e. The highest BCUT2D eigenvalue weighted by atomic mass is 16.5. The van der Waals surface area contributed by atoms with Crippen molar-refractivity contribution in [3.8, 4) is 11.5 Å². The van der Waals surface area contributed by atoms with Crippen LogP contribution in [0, 0.1) is 6.92 Å². The standard InChI is InChI=1S/C22H23NO2.C13H16O2/c1-14-6-5-9-19-21(14)18(22(24)23-19)13-15-10-11-20(25-2)17(12-15)16-7-3-4-8-16;1-15-13-7-6-10(9-14)8-12(13)11-4-2-3-5-11/h5-6,9-13,16H,3-4,7-8H2,1-2H3,(H,23,24);6-9,11H,2-5H2,1H3/b18-13+;. The summed E-state index contributed by atoms with van der Waals surface area (Å²) >= 11 is 0. The number of benzene rings is 3. The first kappa shape index (κ1) is 27.7. The fraction of sp³-hybridized carbons (Fsp3) is 0.371. The second kappa shape index (κ2) is 12.5. The van der Waals surface area contributed by atoms with E-state index in [9.17, 15) is 9.59 Å². The van der Waals surface area contributed by atoms with E-state index in [0.717, 1.165) is 51.3 Å². The third-order valence-corrected chi connectivity index (χ3v) is 8.58. The Morgan fingerprint density at radius 3 is 1.88 bits per heavy atom. The molecule has 0 unspecified atom stereocenters. The molecule has 1 aliphatic heterocycles. The molecule has 0 spiro atoms. The molecule has 0 aromatic heterocycles. The van der Waals surface area contributed by atoms with Crippen molar-refractivity contribution < 1.29 is 19.1 Å². The van der Waals surface area contributed by atoms with E-state index < -0.39 is 0 Å². The third kappa shape index (κ3) is 5.84. The summed E-state index contributed by atoms with van der Waals surface area (Å²) in [6, 6.07) is 17.9. The predicted molar refractivity (Wildman–Crippen MR) is 161 cm³/mol. The molecule has 0 bridgehead atoms. The summed E-state index contributed by atoms with van der Waals surface area (Å²) in [6.45, 7) is 2.05. The van der Waals surface area contributed by atoms with Crippen molar-refractivity contribution >= 4 is 29.5 Å². The Morgan fingerprint density at radius 2 is 1.32 bits per heavy atom. The highest BCUT2D eigenvalue weighted by Crippen LogP contribution is 2.41. The molecule has 3 aromatic carbocycles. The lowest BCUT2D eigenvalue weighted by Crippen LogP contribution is -2.03. The molecule has 1 amide bonds. The van der Waals surface area contributed by atoms with Crippen LogP contribution in [-0.2, 0) is 4.79 Å². The van der Waals surface area contributed by atoms with Crippen molar-refractivity contribution in [3.05, 3.63) is 88.0 Å². The molecule has 208 valence electrons. The minimum atomic E-state index is -0.0254. The zero-order valence-electron chi connectivity index (χ0n) is 23.8. The van der Waals surface area contributed by atoms with Gasteiger partial charge in [0.05, 0.1) is 14.2 Å². The maximum Gasteiger partial charge on any atom is 0.256 e. The van der Waals surface area contributed by atoms with Crippen LogP contribution in [0.2, 0.25) is 0 Å². The number of anilines is 1. The number of amides is 1. The minimum Gasteiger partial charge on any atom is -0.496 e. The van der Waals surface area contributed by atoms with E-state index >= 15 is 0 Å². The number of rotatable bonds is 6. The van der Waals surface area contributed by atoms with E-state index in [1.54, 1.807) is 14.2 Å². The number of aryl methyl sites for hydroxylation is 1. The highest BCUT2D eigenvalue weighted by Gasteiger charge is 2.26. The van der Waals surface area contributed by atoms with E-state index in [0.29, 0.717) is 11.8 Å². The van der Waals surface area contributed by atoms with Crippen LogP contribution in [0.4, 0.5) is 5.69 Å². The van der Waals surface area contributed by atoms with Gasteiger partial charge in [0, 0.05) is 22.4 Å². The van der Waals surface area contributed by atoms with E-state index in [-0.39, 0.29) is 5.91 Å². The van der Waals surface area contributed by atoms with Crippen molar-refractivity contribution in [2.24, 2.45) is 0 Å². The number of nitrogens with one attached hydrogen (secondary N) is 1. The topological polar surface area (TPSA) is 64.6 Å². The quantitative estimate of drug-likeness (QED) is 0.254. The minimum absolute atomic E-state index is 0.0254. The van der Waals surface area contributed by atoms with E-state index in [1.807, 2.05) is 61.5 Å². The van der Waals surface area contributed by atoms with Gasteiger partial charge in [-0.25, -0.2) is 0 Å². The number of ether oxygens (including phenoxy) is 2. The molecule has 1 N–H and O–H groups in total.